The lowest BCUT2D eigenvalue weighted by Gasteiger charge is -2.42. The van der Waals surface area contributed by atoms with Crippen molar-refractivity contribution in [3.8, 4) is 0 Å². The second-order valence-corrected chi connectivity index (χ2v) is 8.94. The zero-order valence-electron chi connectivity index (χ0n) is 17.4. The van der Waals surface area contributed by atoms with Crippen LogP contribution in [0.25, 0.3) is 0 Å². The number of fused-ring (bicyclic) bond motifs is 1. The third kappa shape index (κ3) is 5.34. The molecule has 0 radical (unpaired) electrons. The van der Waals surface area contributed by atoms with E-state index in [9.17, 15) is 14.4 Å². The summed E-state index contributed by atoms with van der Waals surface area (Å²) in [5.41, 5.74) is -0.347. The van der Waals surface area contributed by atoms with Crippen molar-refractivity contribution in [1.82, 2.24) is 20.0 Å². The lowest BCUT2D eigenvalue weighted by atomic mass is 9.97. The number of rotatable bonds is 7. The maximum atomic E-state index is 13.0. The molecule has 0 spiro atoms. The third-order valence-corrected chi connectivity index (χ3v) is 4.79. The number of piperazine rings is 1. The number of hydrogen-bond donors (Lipinski definition) is 1. The van der Waals surface area contributed by atoms with E-state index in [0.717, 1.165) is 0 Å². The van der Waals surface area contributed by atoms with Crippen LogP contribution in [0.4, 0.5) is 4.79 Å². The molecule has 0 aliphatic carbocycles. The van der Waals surface area contributed by atoms with E-state index in [-0.39, 0.29) is 41.9 Å². The lowest BCUT2D eigenvalue weighted by molar-refractivity contribution is -0.143. The highest BCUT2D eigenvalue weighted by Crippen LogP contribution is 2.29. The first-order chi connectivity index (χ1) is 12.5. The summed E-state index contributed by atoms with van der Waals surface area (Å²) in [6.07, 6.45) is 0.618. The van der Waals surface area contributed by atoms with Gasteiger partial charge in [-0.05, 0) is 33.1 Å². The maximum absolute atomic E-state index is 13.0. The van der Waals surface area contributed by atoms with Crippen molar-refractivity contribution in [3.05, 3.63) is 0 Å². The third-order valence-electron chi connectivity index (χ3n) is 4.79. The first-order valence-electron chi connectivity index (χ1n) is 9.69. The molecular weight excluding hydrogens is 348 g/mol. The number of urea groups is 1. The zero-order chi connectivity index (χ0) is 20.4. The van der Waals surface area contributed by atoms with Gasteiger partial charge < -0.3 is 24.8 Å². The Balaban J connectivity index is 2.14. The molecule has 0 aromatic carbocycles. The Bertz CT molecular complexity index is 573. The maximum Gasteiger partial charge on any atom is 0.321 e. The van der Waals surface area contributed by atoms with E-state index in [1.54, 1.807) is 21.8 Å². The average Bonchev–Trinajstić information content (AvgIpc) is 2.82. The normalized spacial score (nSPS) is 23.3. The van der Waals surface area contributed by atoms with Gasteiger partial charge >= 0.3 is 6.03 Å². The first-order valence-corrected chi connectivity index (χ1v) is 9.69. The van der Waals surface area contributed by atoms with Gasteiger partial charge in [-0.1, -0.05) is 13.8 Å². The van der Waals surface area contributed by atoms with Crippen LogP contribution < -0.4 is 5.32 Å². The average molecular weight is 383 g/mol. The van der Waals surface area contributed by atoms with Crippen LogP contribution in [0.2, 0.25) is 0 Å². The van der Waals surface area contributed by atoms with E-state index in [2.05, 4.69) is 5.32 Å². The van der Waals surface area contributed by atoms with Gasteiger partial charge in [0, 0.05) is 32.3 Å². The molecule has 8 heteroatoms. The van der Waals surface area contributed by atoms with E-state index in [1.165, 1.54) is 0 Å². The number of ether oxygens (including phenoxy) is 1. The summed E-state index contributed by atoms with van der Waals surface area (Å²) < 4.78 is 5.12. The number of nitrogens with zero attached hydrogens (tertiary/aromatic N) is 3. The van der Waals surface area contributed by atoms with Crippen molar-refractivity contribution in [2.75, 3.05) is 39.9 Å². The molecule has 2 rings (SSSR count). The van der Waals surface area contributed by atoms with E-state index < -0.39 is 6.04 Å². The molecule has 1 N–H and O–H groups in total. The van der Waals surface area contributed by atoms with E-state index in [1.807, 2.05) is 34.6 Å². The molecule has 2 aliphatic heterocycles. The SMILES string of the molecule is COCCN1C[C@@H]2CN(CC(=O)NC(C)(C)C)C(=O)N2[C@@H](CC(C)C)C1=O. The fourth-order valence-corrected chi connectivity index (χ4v) is 3.77. The van der Waals surface area contributed by atoms with Crippen LogP contribution in [-0.2, 0) is 14.3 Å². The molecule has 2 saturated heterocycles. The quantitative estimate of drug-likeness (QED) is 0.710. The molecule has 4 amide bonds. The van der Waals surface area contributed by atoms with Crippen LogP contribution >= 0.6 is 0 Å². The summed E-state index contributed by atoms with van der Waals surface area (Å²) in [7, 11) is 1.61. The molecule has 2 atom stereocenters. The summed E-state index contributed by atoms with van der Waals surface area (Å²) in [5.74, 6) is 0.0815. The number of carbonyl (C=O) groups excluding carboxylic acids is 3. The molecule has 0 unspecified atom stereocenters. The molecule has 0 aromatic rings. The van der Waals surface area contributed by atoms with Crippen molar-refractivity contribution in [3.63, 3.8) is 0 Å². The Morgan fingerprint density at radius 1 is 1.22 bits per heavy atom. The molecule has 0 bridgehead atoms. The number of methoxy groups -OCH3 is 1. The minimum atomic E-state index is -0.469. The smallest absolute Gasteiger partial charge is 0.321 e. The highest BCUT2D eigenvalue weighted by molar-refractivity contribution is 5.92. The molecule has 2 heterocycles. The fraction of sp³-hybridized carbons (Fsp3) is 0.842. The molecular formula is C19H34N4O4. The van der Waals surface area contributed by atoms with Crippen LogP contribution in [-0.4, -0.2) is 90.1 Å². The van der Waals surface area contributed by atoms with Gasteiger partial charge in [-0.2, -0.15) is 0 Å². The molecule has 8 nitrogen and oxygen atoms in total. The van der Waals surface area contributed by atoms with E-state index in [0.29, 0.717) is 32.7 Å². The highest BCUT2D eigenvalue weighted by atomic mass is 16.5. The molecule has 2 aliphatic rings. The summed E-state index contributed by atoms with van der Waals surface area (Å²) >= 11 is 0. The molecule has 154 valence electrons. The number of hydrogen-bond acceptors (Lipinski definition) is 4. The summed E-state index contributed by atoms with van der Waals surface area (Å²) in [5, 5.41) is 2.89. The Kier molecular flexibility index (Phi) is 6.72. The van der Waals surface area contributed by atoms with Crippen molar-refractivity contribution in [2.24, 2.45) is 5.92 Å². The molecule has 27 heavy (non-hydrogen) atoms. The summed E-state index contributed by atoms with van der Waals surface area (Å²) in [6, 6.07) is -0.767. The van der Waals surface area contributed by atoms with Crippen LogP contribution in [0.3, 0.4) is 0 Å². The minimum Gasteiger partial charge on any atom is -0.383 e. The Labute approximate surface area is 162 Å². The predicted molar refractivity (Wildman–Crippen MR) is 102 cm³/mol. The van der Waals surface area contributed by atoms with Gasteiger partial charge in [0.1, 0.15) is 12.6 Å². The number of carbonyl (C=O) groups is 3. The lowest BCUT2D eigenvalue weighted by Crippen LogP contribution is -2.61. The van der Waals surface area contributed by atoms with Gasteiger partial charge in [-0.15, -0.1) is 0 Å². The molecule has 2 fully saturated rings. The van der Waals surface area contributed by atoms with Crippen LogP contribution in [0.15, 0.2) is 0 Å². The monoisotopic (exact) mass is 382 g/mol. The molecule has 0 aromatic heterocycles. The highest BCUT2D eigenvalue weighted by Gasteiger charge is 2.49. The Morgan fingerprint density at radius 2 is 1.85 bits per heavy atom. The van der Waals surface area contributed by atoms with Gasteiger partial charge in [0.25, 0.3) is 0 Å². The summed E-state index contributed by atoms with van der Waals surface area (Å²) in [4.78, 5) is 43.3. The van der Waals surface area contributed by atoms with E-state index >= 15 is 0 Å². The van der Waals surface area contributed by atoms with Gasteiger partial charge in [0.2, 0.25) is 11.8 Å². The van der Waals surface area contributed by atoms with Gasteiger partial charge in [-0.3, -0.25) is 9.59 Å². The van der Waals surface area contributed by atoms with Crippen molar-refractivity contribution in [1.29, 1.82) is 0 Å². The zero-order valence-corrected chi connectivity index (χ0v) is 17.4. The van der Waals surface area contributed by atoms with Gasteiger partial charge in [0.05, 0.1) is 12.6 Å². The largest absolute Gasteiger partial charge is 0.383 e. The van der Waals surface area contributed by atoms with Crippen molar-refractivity contribution in [2.45, 2.75) is 58.7 Å². The van der Waals surface area contributed by atoms with Crippen LogP contribution in [0, 0.1) is 5.92 Å². The van der Waals surface area contributed by atoms with Gasteiger partial charge in [0.15, 0.2) is 0 Å². The topological polar surface area (TPSA) is 82.2 Å². The van der Waals surface area contributed by atoms with Crippen LogP contribution in [0.1, 0.15) is 41.0 Å². The Morgan fingerprint density at radius 3 is 2.41 bits per heavy atom. The first kappa shape index (κ1) is 21.5. The Hall–Kier alpha value is -1.83. The second-order valence-electron chi connectivity index (χ2n) is 8.94. The molecule has 0 saturated carbocycles. The summed E-state index contributed by atoms with van der Waals surface area (Å²) in [6.45, 7) is 11.8. The second kappa shape index (κ2) is 8.46. The van der Waals surface area contributed by atoms with Crippen molar-refractivity contribution < 1.29 is 19.1 Å². The standard InChI is InChI=1S/C19H34N4O4/c1-13(2)9-15-17(25)21(7-8-27-6)10-14-11-22(18(26)23(14)15)12-16(24)20-19(3,4)5/h13-15H,7-12H2,1-6H3,(H,20,24)/t14-,15+/m1/s1. The number of nitrogens with one attached hydrogen (secondary N) is 1. The van der Waals surface area contributed by atoms with E-state index in [4.69, 9.17) is 4.74 Å². The van der Waals surface area contributed by atoms with Crippen LogP contribution in [0.5, 0.6) is 0 Å². The van der Waals surface area contributed by atoms with Crippen molar-refractivity contribution >= 4 is 17.8 Å². The minimum absolute atomic E-state index is 0.0176. The fourth-order valence-electron chi connectivity index (χ4n) is 3.77. The predicted octanol–water partition coefficient (Wildman–Crippen LogP) is 0.911. The van der Waals surface area contributed by atoms with Gasteiger partial charge in [-0.25, -0.2) is 4.79 Å². The number of amides is 4.